The zero-order chi connectivity index (χ0) is 9.84. The quantitative estimate of drug-likeness (QED) is 0.663. The minimum Gasteiger partial charge on any atom is -0.344 e. The Morgan fingerprint density at radius 2 is 2.00 bits per heavy atom. The third-order valence-electron chi connectivity index (χ3n) is 1.62. The third kappa shape index (κ3) is 1.86. The van der Waals surface area contributed by atoms with Crippen LogP contribution in [0.2, 0.25) is 0 Å². The van der Waals surface area contributed by atoms with Crippen LogP contribution in [-0.4, -0.2) is 9.97 Å². The van der Waals surface area contributed by atoms with Gasteiger partial charge in [-0.1, -0.05) is 13.8 Å². The van der Waals surface area contributed by atoms with Crippen LogP contribution in [0, 0.1) is 12.7 Å². The van der Waals surface area contributed by atoms with Crippen LogP contribution in [0.4, 0.5) is 4.39 Å². The number of benzene rings is 1. The molecule has 1 aromatic heterocycles. The van der Waals surface area contributed by atoms with E-state index in [-0.39, 0.29) is 5.82 Å². The van der Waals surface area contributed by atoms with Crippen LogP contribution in [0.15, 0.2) is 18.5 Å². The van der Waals surface area contributed by atoms with Crippen LogP contribution in [-0.2, 0) is 0 Å². The van der Waals surface area contributed by atoms with Crippen molar-refractivity contribution in [1.29, 1.82) is 0 Å². The predicted molar refractivity (Wildman–Crippen MR) is 52.1 cm³/mol. The molecule has 0 atom stereocenters. The molecular formula is C10H13FN2. The van der Waals surface area contributed by atoms with Gasteiger partial charge in [0.2, 0.25) is 0 Å². The lowest BCUT2D eigenvalue weighted by Gasteiger charge is -1.93. The number of fused-ring (bicyclic) bond motifs is 1. The lowest BCUT2D eigenvalue weighted by atomic mass is 10.2. The monoisotopic (exact) mass is 180 g/mol. The number of aromatic amines is 1. The highest BCUT2D eigenvalue weighted by Crippen LogP contribution is 2.15. The summed E-state index contributed by atoms with van der Waals surface area (Å²) >= 11 is 0. The summed E-state index contributed by atoms with van der Waals surface area (Å²) in [7, 11) is 0. The van der Waals surface area contributed by atoms with Crippen LogP contribution in [0.25, 0.3) is 11.0 Å². The molecule has 2 aromatic rings. The molecule has 0 fully saturated rings. The zero-order valence-electron chi connectivity index (χ0n) is 8.06. The molecule has 70 valence electrons. The maximum atomic E-state index is 13.0. The molecule has 3 heteroatoms. The second kappa shape index (κ2) is 4.03. The molecule has 0 aliphatic carbocycles. The molecule has 0 bridgehead atoms. The minimum atomic E-state index is -0.263. The number of aryl methyl sites for hydroxylation is 1. The molecule has 2 nitrogen and oxygen atoms in total. The number of aromatic nitrogens is 2. The smallest absolute Gasteiger partial charge is 0.151 e. The van der Waals surface area contributed by atoms with Crippen LogP contribution >= 0.6 is 0 Å². The van der Waals surface area contributed by atoms with Gasteiger partial charge in [0.25, 0.3) is 0 Å². The minimum absolute atomic E-state index is 0.263. The molecular weight excluding hydrogens is 167 g/mol. The van der Waals surface area contributed by atoms with Gasteiger partial charge in [-0.05, 0) is 24.6 Å². The van der Waals surface area contributed by atoms with E-state index < -0.39 is 0 Å². The second-order valence-electron chi connectivity index (χ2n) is 2.55. The van der Waals surface area contributed by atoms with Crippen LogP contribution in [0.5, 0.6) is 0 Å². The topological polar surface area (TPSA) is 28.7 Å². The van der Waals surface area contributed by atoms with Crippen molar-refractivity contribution in [2.75, 3.05) is 0 Å². The molecule has 13 heavy (non-hydrogen) atoms. The lowest BCUT2D eigenvalue weighted by Crippen LogP contribution is -1.80. The Morgan fingerprint density at radius 1 is 1.31 bits per heavy atom. The van der Waals surface area contributed by atoms with Crippen molar-refractivity contribution in [2.45, 2.75) is 20.8 Å². The van der Waals surface area contributed by atoms with Crippen molar-refractivity contribution >= 4 is 11.0 Å². The molecule has 0 unspecified atom stereocenters. The fourth-order valence-electron chi connectivity index (χ4n) is 1.14. The van der Waals surface area contributed by atoms with Gasteiger partial charge in [0, 0.05) is 0 Å². The van der Waals surface area contributed by atoms with E-state index >= 15 is 0 Å². The first kappa shape index (κ1) is 9.71. The van der Waals surface area contributed by atoms with Gasteiger partial charge in [0.05, 0.1) is 11.8 Å². The van der Waals surface area contributed by atoms with Crippen molar-refractivity contribution in [3.8, 4) is 0 Å². The molecule has 0 aliphatic rings. The molecule has 0 saturated carbocycles. The van der Waals surface area contributed by atoms with Gasteiger partial charge < -0.3 is 4.98 Å². The van der Waals surface area contributed by atoms with Crippen molar-refractivity contribution in [3.63, 3.8) is 0 Å². The average Bonchev–Trinajstić information content (AvgIpc) is 2.55. The van der Waals surface area contributed by atoms with E-state index in [0.29, 0.717) is 5.52 Å². The molecule has 0 spiro atoms. The maximum Gasteiger partial charge on any atom is 0.151 e. The van der Waals surface area contributed by atoms with E-state index in [1.54, 1.807) is 0 Å². The largest absolute Gasteiger partial charge is 0.344 e. The lowest BCUT2D eigenvalue weighted by molar-refractivity contribution is 0.636. The SMILES string of the molecule is CC.Cc1cc(F)c2nc[nH]c2c1. The number of nitrogens with zero attached hydrogens (tertiary/aromatic N) is 1. The highest BCUT2D eigenvalue weighted by molar-refractivity contribution is 5.75. The Labute approximate surface area is 76.8 Å². The van der Waals surface area contributed by atoms with Crippen LogP contribution in [0.1, 0.15) is 19.4 Å². The van der Waals surface area contributed by atoms with Gasteiger partial charge in [0.1, 0.15) is 5.52 Å². The first-order chi connectivity index (χ1) is 6.27. The molecule has 2 rings (SSSR count). The Bertz CT molecular complexity index is 393. The second-order valence-corrected chi connectivity index (χ2v) is 2.55. The molecule has 0 radical (unpaired) electrons. The Kier molecular flexibility index (Phi) is 3.01. The number of H-pyrrole nitrogens is 1. The van der Waals surface area contributed by atoms with Gasteiger partial charge in [-0.2, -0.15) is 0 Å². The number of imidazole rings is 1. The Morgan fingerprint density at radius 3 is 2.69 bits per heavy atom. The standard InChI is InChI=1S/C8H7FN2.C2H6/c1-5-2-6(9)8-7(3-5)10-4-11-8;1-2/h2-4H,1H3,(H,10,11);1-2H3. The van der Waals surface area contributed by atoms with E-state index in [9.17, 15) is 4.39 Å². The van der Waals surface area contributed by atoms with Crippen LogP contribution in [0.3, 0.4) is 0 Å². The van der Waals surface area contributed by atoms with Crippen LogP contribution < -0.4 is 0 Å². The normalized spacial score (nSPS) is 9.54. The van der Waals surface area contributed by atoms with Crippen molar-refractivity contribution in [3.05, 3.63) is 29.8 Å². The molecule has 1 aromatic carbocycles. The summed E-state index contributed by atoms with van der Waals surface area (Å²) < 4.78 is 13.0. The Hall–Kier alpha value is -1.38. The number of halogens is 1. The number of rotatable bonds is 0. The molecule has 0 aliphatic heterocycles. The molecule has 0 amide bonds. The average molecular weight is 180 g/mol. The number of nitrogens with one attached hydrogen (secondary N) is 1. The van der Waals surface area contributed by atoms with E-state index in [0.717, 1.165) is 11.1 Å². The van der Waals surface area contributed by atoms with Crippen molar-refractivity contribution < 1.29 is 4.39 Å². The number of hydrogen-bond acceptors (Lipinski definition) is 1. The summed E-state index contributed by atoms with van der Waals surface area (Å²) in [5.74, 6) is -0.263. The maximum absolute atomic E-state index is 13.0. The number of hydrogen-bond donors (Lipinski definition) is 1. The summed E-state index contributed by atoms with van der Waals surface area (Å²) in [6.45, 7) is 5.85. The fourth-order valence-corrected chi connectivity index (χ4v) is 1.14. The van der Waals surface area contributed by atoms with Gasteiger partial charge in [-0.25, -0.2) is 9.37 Å². The molecule has 1 N–H and O–H groups in total. The molecule has 1 heterocycles. The first-order valence-electron chi connectivity index (χ1n) is 4.36. The third-order valence-corrected chi connectivity index (χ3v) is 1.62. The van der Waals surface area contributed by atoms with Gasteiger partial charge in [-0.15, -0.1) is 0 Å². The summed E-state index contributed by atoms with van der Waals surface area (Å²) in [6, 6.07) is 3.34. The first-order valence-corrected chi connectivity index (χ1v) is 4.36. The zero-order valence-corrected chi connectivity index (χ0v) is 8.06. The van der Waals surface area contributed by atoms with Crippen molar-refractivity contribution in [1.82, 2.24) is 9.97 Å². The molecule has 0 saturated heterocycles. The van der Waals surface area contributed by atoms with Gasteiger partial charge in [0.15, 0.2) is 5.82 Å². The summed E-state index contributed by atoms with van der Waals surface area (Å²) in [5, 5.41) is 0. The van der Waals surface area contributed by atoms with E-state index in [4.69, 9.17) is 0 Å². The van der Waals surface area contributed by atoms with Gasteiger partial charge in [-0.3, -0.25) is 0 Å². The van der Waals surface area contributed by atoms with Crippen molar-refractivity contribution in [2.24, 2.45) is 0 Å². The Balaban J connectivity index is 0.000000396. The fraction of sp³-hybridized carbons (Fsp3) is 0.300. The van der Waals surface area contributed by atoms with E-state index in [2.05, 4.69) is 9.97 Å². The van der Waals surface area contributed by atoms with E-state index in [1.807, 2.05) is 26.8 Å². The van der Waals surface area contributed by atoms with Gasteiger partial charge >= 0.3 is 0 Å². The van der Waals surface area contributed by atoms with E-state index in [1.165, 1.54) is 12.4 Å². The summed E-state index contributed by atoms with van der Waals surface area (Å²) in [4.78, 5) is 6.68. The highest BCUT2D eigenvalue weighted by Gasteiger charge is 2.02. The predicted octanol–water partition coefficient (Wildman–Crippen LogP) is 3.04. The highest BCUT2D eigenvalue weighted by atomic mass is 19.1. The summed E-state index contributed by atoms with van der Waals surface area (Å²) in [5.41, 5.74) is 2.07. The summed E-state index contributed by atoms with van der Waals surface area (Å²) in [6.07, 6.45) is 1.49.